The Kier molecular flexibility index (Phi) is 5.18. The Bertz CT molecular complexity index is 803. The molecule has 0 aliphatic carbocycles. The number of hydrogen-bond donors (Lipinski definition) is 2. The van der Waals surface area contributed by atoms with Gasteiger partial charge in [0.2, 0.25) is 0 Å². The molecule has 6 heteroatoms. The minimum atomic E-state index is -0.291. The Labute approximate surface area is 143 Å². The first-order chi connectivity index (χ1) is 11.7. The summed E-state index contributed by atoms with van der Waals surface area (Å²) in [6.07, 6.45) is 0. The van der Waals surface area contributed by atoms with E-state index in [-0.39, 0.29) is 11.8 Å². The van der Waals surface area contributed by atoms with Gasteiger partial charge in [-0.05, 0) is 17.7 Å². The highest BCUT2D eigenvalue weighted by Crippen LogP contribution is 2.21. The lowest BCUT2D eigenvalue weighted by Crippen LogP contribution is -2.34. The van der Waals surface area contributed by atoms with Crippen molar-refractivity contribution >= 4 is 17.4 Å². The van der Waals surface area contributed by atoms with Crippen LogP contribution in [0.4, 0.5) is 9.18 Å². The monoisotopic (exact) mass is 341 g/mol. The Hall–Kier alpha value is -2.73. The van der Waals surface area contributed by atoms with Crippen molar-refractivity contribution < 1.29 is 9.18 Å². The molecule has 0 aliphatic heterocycles. The zero-order chi connectivity index (χ0) is 16.8. The van der Waals surface area contributed by atoms with Crippen molar-refractivity contribution in [2.75, 3.05) is 0 Å². The molecule has 0 spiro atoms. The van der Waals surface area contributed by atoms with Gasteiger partial charge in [0.25, 0.3) is 0 Å². The predicted molar refractivity (Wildman–Crippen MR) is 93.0 cm³/mol. The van der Waals surface area contributed by atoms with Gasteiger partial charge in [-0.1, -0.05) is 42.5 Å². The number of nitrogens with zero attached hydrogens (tertiary/aromatic N) is 1. The van der Waals surface area contributed by atoms with Crippen LogP contribution in [0, 0.1) is 5.82 Å². The van der Waals surface area contributed by atoms with Crippen molar-refractivity contribution in [2.24, 2.45) is 0 Å². The van der Waals surface area contributed by atoms with Crippen LogP contribution in [0.5, 0.6) is 0 Å². The molecule has 0 radical (unpaired) electrons. The van der Waals surface area contributed by atoms with Crippen LogP contribution in [0.3, 0.4) is 0 Å². The first-order valence-corrected chi connectivity index (χ1v) is 8.34. The SMILES string of the molecule is O=C(NCc1ccc(F)cc1)NCc1nc(-c2ccccc2)cs1. The van der Waals surface area contributed by atoms with E-state index in [4.69, 9.17) is 0 Å². The number of hydrogen-bond acceptors (Lipinski definition) is 3. The highest BCUT2D eigenvalue weighted by molar-refractivity contribution is 7.09. The first-order valence-electron chi connectivity index (χ1n) is 7.47. The number of thiazole rings is 1. The maximum Gasteiger partial charge on any atom is 0.315 e. The molecule has 1 heterocycles. The quantitative estimate of drug-likeness (QED) is 0.738. The average molecular weight is 341 g/mol. The fraction of sp³-hybridized carbons (Fsp3) is 0.111. The number of halogens is 1. The summed E-state index contributed by atoms with van der Waals surface area (Å²) in [6, 6.07) is 15.6. The molecular weight excluding hydrogens is 325 g/mol. The summed E-state index contributed by atoms with van der Waals surface area (Å²) in [7, 11) is 0. The zero-order valence-electron chi connectivity index (χ0n) is 12.8. The summed E-state index contributed by atoms with van der Waals surface area (Å²) < 4.78 is 12.8. The number of rotatable bonds is 5. The summed E-state index contributed by atoms with van der Waals surface area (Å²) in [5.74, 6) is -0.291. The lowest BCUT2D eigenvalue weighted by molar-refractivity contribution is 0.240. The topological polar surface area (TPSA) is 54.0 Å². The van der Waals surface area contributed by atoms with Gasteiger partial charge in [0.05, 0.1) is 12.2 Å². The number of nitrogens with one attached hydrogen (secondary N) is 2. The van der Waals surface area contributed by atoms with Gasteiger partial charge in [-0.3, -0.25) is 0 Å². The van der Waals surface area contributed by atoms with Gasteiger partial charge in [0, 0.05) is 17.5 Å². The zero-order valence-corrected chi connectivity index (χ0v) is 13.6. The fourth-order valence-corrected chi connectivity index (χ4v) is 2.88. The molecule has 122 valence electrons. The third-order valence-electron chi connectivity index (χ3n) is 3.39. The van der Waals surface area contributed by atoms with Gasteiger partial charge in [0.15, 0.2) is 0 Å². The standard InChI is InChI=1S/C18H16FN3OS/c19-15-8-6-13(7-9-15)10-20-18(23)21-11-17-22-16(12-24-17)14-4-2-1-3-5-14/h1-9,12H,10-11H2,(H2,20,21,23). The number of amides is 2. The molecule has 2 aromatic carbocycles. The van der Waals surface area contributed by atoms with E-state index in [2.05, 4.69) is 15.6 Å². The predicted octanol–water partition coefficient (Wildman–Crippen LogP) is 3.95. The Morgan fingerprint density at radius 2 is 1.71 bits per heavy atom. The van der Waals surface area contributed by atoms with Crippen LogP contribution < -0.4 is 10.6 Å². The second-order valence-corrected chi connectivity index (χ2v) is 6.10. The van der Waals surface area contributed by atoms with Crippen LogP contribution in [0.1, 0.15) is 10.6 Å². The van der Waals surface area contributed by atoms with E-state index in [0.29, 0.717) is 13.1 Å². The molecule has 3 rings (SSSR count). The average Bonchev–Trinajstić information content (AvgIpc) is 3.09. The lowest BCUT2D eigenvalue weighted by Gasteiger charge is -2.06. The molecule has 0 bridgehead atoms. The van der Waals surface area contributed by atoms with Gasteiger partial charge < -0.3 is 10.6 Å². The molecule has 0 unspecified atom stereocenters. The Balaban J connectivity index is 1.48. The smallest absolute Gasteiger partial charge is 0.315 e. The van der Waals surface area contributed by atoms with E-state index in [1.807, 2.05) is 35.7 Å². The van der Waals surface area contributed by atoms with Gasteiger partial charge in [0.1, 0.15) is 10.8 Å². The third kappa shape index (κ3) is 4.39. The second-order valence-electron chi connectivity index (χ2n) is 5.16. The molecule has 4 nitrogen and oxygen atoms in total. The molecule has 0 saturated heterocycles. The third-order valence-corrected chi connectivity index (χ3v) is 4.24. The van der Waals surface area contributed by atoms with Gasteiger partial charge in [-0.15, -0.1) is 11.3 Å². The molecule has 2 N–H and O–H groups in total. The van der Waals surface area contributed by atoms with Crippen LogP contribution in [-0.2, 0) is 13.1 Å². The summed E-state index contributed by atoms with van der Waals surface area (Å²) >= 11 is 1.51. The van der Waals surface area contributed by atoms with Crippen LogP contribution >= 0.6 is 11.3 Å². The van der Waals surface area contributed by atoms with Gasteiger partial charge in [-0.25, -0.2) is 14.2 Å². The van der Waals surface area contributed by atoms with Crippen LogP contribution in [-0.4, -0.2) is 11.0 Å². The number of carbonyl (C=O) groups is 1. The summed E-state index contributed by atoms with van der Waals surface area (Å²) in [4.78, 5) is 16.3. The normalized spacial score (nSPS) is 10.4. The molecule has 1 aromatic heterocycles. The maximum absolute atomic E-state index is 12.8. The molecule has 0 saturated carbocycles. The molecule has 2 amide bonds. The molecule has 3 aromatic rings. The Morgan fingerprint density at radius 1 is 1.00 bits per heavy atom. The first kappa shape index (κ1) is 16.1. The molecule has 0 aliphatic rings. The van der Waals surface area contributed by atoms with E-state index >= 15 is 0 Å². The highest BCUT2D eigenvalue weighted by Gasteiger charge is 2.06. The van der Waals surface area contributed by atoms with E-state index < -0.39 is 0 Å². The van der Waals surface area contributed by atoms with Crippen molar-refractivity contribution in [3.63, 3.8) is 0 Å². The number of aromatic nitrogens is 1. The number of urea groups is 1. The fourth-order valence-electron chi connectivity index (χ4n) is 2.14. The summed E-state index contributed by atoms with van der Waals surface area (Å²) in [5.41, 5.74) is 2.80. The van der Waals surface area contributed by atoms with E-state index in [1.165, 1.54) is 23.5 Å². The second kappa shape index (κ2) is 7.70. The lowest BCUT2D eigenvalue weighted by atomic mass is 10.2. The van der Waals surface area contributed by atoms with Gasteiger partial charge >= 0.3 is 6.03 Å². The number of benzene rings is 2. The summed E-state index contributed by atoms with van der Waals surface area (Å²) in [5, 5.41) is 8.31. The maximum atomic E-state index is 12.8. The van der Waals surface area contributed by atoms with Crippen molar-refractivity contribution in [3.8, 4) is 11.3 Å². The van der Waals surface area contributed by atoms with Crippen molar-refractivity contribution in [1.82, 2.24) is 15.6 Å². The largest absolute Gasteiger partial charge is 0.334 e. The molecular formula is C18H16FN3OS. The highest BCUT2D eigenvalue weighted by atomic mass is 32.1. The van der Waals surface area contributed by atoms with Crippen LogP contribution in [0.15, 0.2) is 60.0 Å². The molecule has 24 heavy (non-hydrogen) atoms. The van der Waals surface area contributed by atoms with Crippen molar-refractivity contribution in [1.29, 1.82) is 0 Å². The van der Waals surface area contributed by atoms with E-state index in [9.17, 15) is 9.18 Å². The Morgan fingerprint density at radius 3 is 2.46 bits per heavy atom. The van der Waals surface area contributed by atoms with Crippen molar-refractivity contribution in [2.45, 2.75) is 13.1 Å². The van der Waals surface area contributed by atoms with E-state index in [1.54, 1.807) is 12.1 Å². The molecule has 0 atom stereocenters. The minimum absolute atomic E-state index is 0.282. The van der Waals surface area contributed by atoms with Gasteiger partial charge in [-0.2, -0.15) is 0 Å². The summed E-state index contributed by atoms with van der Waals surface area (Å²) in [6.45, 7) is 0.714. The minimum Gasteiger partial charge on any atom is -0.334 e. The number of carbonyl (C=O) groups excluding carboxylic acids is 1. The molecule has 0 fully saturated rings. The van der Waals surface area contributed by atoms with E-state index in [0.717, 1.165) is 21.8 Å². The van der Waals surface area contributed by atoms with Crippen molar-refractivity contribution in [3.05, 3.63) is 76.4 Å². The van der Waals surface area contributed by atoms with Crippen LogP contribution in [0.2, 0.25) is 0 Å². The van der Waals surface area contributed by atoms with Crippen LogP contribution in [0.25, 0.3) is 11.3 Å².